The number of benzene rings is 3. The molecule has 0 aliphatic carbocycles. The Morgan fingerprint density at radius 2 is 1.59 bits per heavy atom. The summed E-state index contributed by atoms with van der Waals surface area (Å²) < 4.78 is 6.01. The van der Waals surface area contributed by atoms with E-state index in [1.54, 1.807) is 17.1 Å². The molecule has 1 atom stereocenters. The van der Waals surface area contributed by atoms with E-state index in [-0.39, 0.29) is 17.6 Å². The Bertz CT molecular complexity index is 1260. The van der Waals surface area contributed by atoms with E-state index in [9.17, 15) is 14.4 Å². The summed E-state index contributed by atoms with van der Waals surface area (Å²) in [6, 6.07) is 23.9. The molecule has 0 saturated carbocycles. The van der Waals surface area contributed by atoms with Crippen LogP contribution < -0.4 is 20.5 Å². The van der Waals surface area contributed by atoms with Gasteiger partial charge >= 0.3 is 0 Å². The molecule has 3 aromatic rings. The third-order valence-corrected chi connectivity index (χ3v) is 6.90. The van der Waals surface area contributed by atoms with E-state index in [0.717, 1.165) is 49.8 Å². The topological polar surface area (TPSA) is 87.7 Å². The first-order chi connectivity index (χ1) is 19.0. The molecule has 0 fully saturated rings. The fourth-order valence-corrected chi connectivity index (χ4v) is 4.90. The number of anilines is 1. The zero-order valence-electron chi connectivity index (χ0n) is 22.5. The number of para-hydroxylation sites is 2. The van der Waals surface area contributed by atoms with Gasteiger partial charge in [-0.3, -0.25) is 24.8 Å². The van der Waals surface area contributed by atoms with Crippen molar-refractivity contribution in [3.63, 3.8) is 0 Å². The Morgan fingerprint density at radius 3 is 2.41 bits per heavy atom. The highest BCUT2D eigenvalue weighted by Gasteiger charge is 2.32. The number of ether oxygens (including phenoxy) is 1. The molecule has 0 saturated heterocycles. The normalized spacial score (nSPS) is 14.6. The Balaban J connectivity index is 1.46. The van der Waals surface area contributed by atoms with Crippen LogP contribution in [0.2, 0.25) is 0 Å². The number of carbonyl (C=O) groups is 3. The van der Waals surface area contributed by atoms with Gasteiger partial charge in [0.1, 0.15) is 11.8 Å². The summed E-state index contributed by atoms with van der Waals surface area (Å²) in [7, 11) is 0. The minimum Gasteiger partial charge on any atom is -0.493 e. The molecule has 39 heavy (non-hydrogen) atoms. The predicted octanol–water partition coefficient (Wildman–Crippen LogP) is 5.50. The van der Waals surface area contributed by atoms with Crippen LogP contribution in [0.3, 0.4) is 0 Å². The summed E-state index contributed by atoms with van der Waals surface area (Å²) in [5.74, 6) is 0.175. The van der Waals surface area contributed by atoms with Crippen LogP contribution in [0.4, 0.5) is 5.69 Å². The average molecular weight is 528 g/mol. The molecule has 0 bridgehead atoms. The van der Waals surface area contributed by atoms with Crippen molar-refractivity contribution in [1.82, 2.24) is 10.7 Å². The monoisotopic (exact) mass is 527 g/mol. The molecule has 3 aromatic carbocycles. The average Bonchev–Trinajstić information content (AvgIpc) is 3.14. The number of hydrogen-bond donors (Lipinski definition) is 2. The molecule has 4 rings (SSSR count). The molecule has 2 N–H and O–H groups in total. The summed E-state index contributed by atoms with van der Waals surface area (Å²) in [5.41, 5.74) is 6.06. The summed E-state index contributed by atoms with van der Waals surface area (Å²) in [4.78, 5) is 38.2. The van der Waals surface area contributed by atoms with Crippen molar-refractivity contribution in [2.75, 3.05) is 18.2 Å². The number of aryl methyl sites for hydroxylation is 1. The predicted molar refractivity (Wildman–Crippen MR) is 153 cm³/mol. The van der Waals surface area contributed by atoms with Crippen molar-refractivity contribution in [3.8, 4) is 5.75 Å². The van der Waals surface area contributed by atoms with E-state index < -0.39 is 6.04 Å². The first-order valence-electron chi connectivity index (χ1n) is 13.8. The van der Waals surface area contributed by atoms with Gasteiger partial charge in [-0.1, -0.05) is 73.5 Å². The Hall–Kier alpha value is -4.13. The van der Waals surface area contributed by atoms with Crippen molar-refractivity contribution >= 4 is 23.3 Å². The van der Waals surface area contributed by atoms with E-state index in [4.69, 9.17) is 4.74 Å². The molecule has 204 valence electrons. The van der Waals surface area contributed by atoms with Gasteiger partial charge in [0.05, 0.1) is 17.9 Å². The van der Waals surface area contributed by atoms with Gasteiger partial charge in [-0.25, -0.2) is 0 Å². The number of hydrazine groups is 1. The zero-order chi connectivity index (χ0) is 27.5. The molecule has 1 heterocycles. The van der Waals surface area contributed by atoms with E-state index in [1.807, 2.05) is 60.7 Å². The maximum absolute atomic E-state index is 13.6. The zero-order valence-corrected chi connectivity index (χ0v) is 22.5. The minimum atomic E-state index is -0.523. The number of fused-ring (bicyclic) bond motifs is 1. The molecule has 7 heteroatoms. The molecule has 1 aliphatic heterocycles. The Kier molecular flexibility index (Phi) is 10.1. The van der Waals surface area contributed by atoms with Gasteiger partial charge in [0.15, 0.2) is 5.78 Å². The second-order valence-corrected chi connectivity index (χ2v) is 9.82. The number of hydrogen-bond acceptors (Lipinski definition) is 5. The van der Waals surface area contributed by atoms with E-state index in [1.165, 1.54) is 6.92 Å². The van der Waals surface area contributed by atoms with Gasteiger partial charge in [-0.2, -0.15) is 0 Å². The van der Waals surface area contributed by atoms with Gasteiger partial charge in [0.25, 0.3) is 5.91 Å². The summed E-state index contributed by atoms with van der Waals surface area (Å²) in [5, 5.41) is 4.56. The number of carbonyl (C=O) groups excluding carboxylic acids is 3. The van der Waals surface area contributed by atoms with Crippen LogP contribution in [-0.2, 0) is 11.2 Å². The summed E-state index contributed by atoms with van der Waals surface area (Å²) >= 11 is 0. The lowest BCUT2D eigenvalue weighted by molar-refractivity contribution is -0.118. The largest absolute Gasteiger partial charge is 0.493 e. The second kappa shape index (κ2) is 14.1. The molecular weight excluding hydrogens is 490 g/mol. The number of rotatable bonds is 12. The molecule has 1 unspecified atom stereocenters. The lowest BCUT2D eigenvalue weighted by Crippen LogP contribution is -2.52. The SMILES string of the molecule is CC(=O)NCCCCCCOc1ccccc1C(=O)NN1c2ccccc2CCCC1C(=O)c1ccccc1. The molecule has 1 aliphatic rings. The van der Waals surface area contributed by atoms with Crippen LogP contribution in [-0.4, -0.2) is 36.8 Å². The highest BCUT2D eigenvalue weighted by molar-refractivity contribution is 6.04. The molecule has 0 radical (unpaired) electrons. The first-order valence-corrected chi connectivity index (χ1v) is 13.8. The van der Waals surface area contributed by atoms with E-state index in [2.05, 4.69) is 16.8 Å². The Morgan fingerprint density at radius 1 is 0.872 bits per heavy atom. The number of ketones is 1. The van der Waals surface area contributed by atoms with Crippen LogP contribution in [0.1, 0.15) is 71.7 Å². The van der Waals surface area contributed by atoms with Gasteiger partial charge < -0.3 is 10.1 Å². The van der Waals surface area contributed by atoms with Gasteiger partial charge in [0.2, 0.25) is 5.91 Å². The number of amides is 2. The molecule has 0 aromatic heterocycles. The smallest absolute Gasteiger partial charge is 0.273 e. The summed E-state index contributed by atoms with van der Waals surface area (Å²) in [6.45, 7) is 2.70. The molecular formula is C32H37N3O4. The van der Waals surface area contributed by atoms with Crippen molar-refractivity contribution < 1.29 is 19.1 Å². The van der Waals surface area contributed by atoms with Gasteiger partial charge in [-0.05, 0) is 55.9 Å². The number of Topliss-reactive ketones (excluding diaryl/α,β-unsaturated/α-hetero) is 1. The first kappa shape index (κ1) is 27.9. The third-order valence-electron chi connectivity index (χ3n) is 6.90. The van der Waals surface area contributed by atoms with E-state index in [0.29, 0.717) is 36.4 Å². The molecule has 2 amide bonds. The second-order valence-electron chi connectivity index (χ2n) is 9.82. The molecule has 0 spiro atoms. The van der Waals surface area contributed by atoms with Crippen LogP contribution in [0, 0.1) is 0 Å². The van der Waals surface area contributed by atoms with Gasteiger partial charge in [0, 0.05) is 19.0 Å². The quantitative estimate of drug-likeness (QED) is 0.240. The highest BCUT2D eigenvalue weighted by atomic mass is 16.5. The third kappa shape index (κ3) is 7.69. The van der Waals surface area contributed by atoms with Gasteiger partial charge in [-0.15, -0.1) is 0 Å². The number of nitrogens with zero attached hydrogens (tertiary/aromatic N) is 1. The fourth-order valence-electron chi connectivity index (χ4n) is 4.90. The van der Waals surface area contributed by atoms with Crippen LogP contribution in [0.5, 0.6) is 5.75 Å². The highest BCUT2D eigenvalue weighted by Crippen LogP contribution is 2.30. The van der Waals surface area contributed by atoms with E-state index >= 15 is 0 Å². The van der Waals surface area contributed by atoms with Crippen LogP contribution in [0.25, 0.3) is 0 Å². The lowest BCUT2D eigenvalue weighted by Gasteiger charge is -2.32. The van der Waals surface area contributed by atoms with Crippen LogP contribution in [0.15, 0.2) is 78.9 Å². The minimum absolute atomic E-state index is 0.00682. The standard InChI is InChI=1S/C32H37N3O4/c1-24(36)33-22-11-2-3-12-23-39-30-21-10-8-18-27(30)32(38)34-35-28-19-9-7-14-25(28)17-13-20-29(35)31(37)26-15-5-4-6-16-26/h4-10,14-16,18-19,21,29H,2-3,11-13,17,20,22-23H2,1H3,(H,33,36)(H,34,38). The number of unbranched alkanes of at least 4 members (excludes halogenated alkanes) is 3. The molecule has 7 nitrogen and oxygen atoms in total. The number of nitrogens with one attached hydrogen (secondary N) is 2. The van der Waals surface area contributed by atoms with Crippen molar-refractivity contribution in [2.45, 2.75) is 57.9 Å². The van der Waals surface area contributed by atoms with Crippen LogP contribution >= 0.6 is 0 Å². The van der Waals surface area contributed by atoms with Crippen molar-refractivity contribution in [3.05, 3.63) is 95.6 Å². The van der Waals surface area contributed by atoms with Crippen molar-refractivity contribution in [2.24, 2.45) is 0 Å². The maximum atomic E-state index is 13.6. The fraction of sp³-hybridized carbons (Fsp3) is 0.344. The van der Waals surface area contributed by atoms with Crippen molar-refractivity contribution in [1.29, 1.82) is 0 Å². The Labute approximate surface area is 230 Å². The summed E-state index contributed by atoms with van der Waals surface area (Å²) in [6.07, 6.45) is 6.06. The lowest BCUT2D eigenvalue weighted by atomic mass is 9.99. The maximum Gasteiger partial charge on any atom is 0.273 e.